The molecule has 1 heterocycles. The summed E-state index contributed by atoms with van der Waals surface area (Å²) in [6.45, 7) is 11.6. The maximum Gasteiger partial charge on any atom is 0.151 e. The summed E-state index contributed by atoms with van der Waals surface area (Å²) in [6.07, 6.45) is 1.01. The van der Waals surface area contributed by atoms with Gasteiger partial charge in [-0.25, -0.2) is 0 Å². The van der Waals surface area contributed by atoms with Gasteiger partial charge in [0.15, 0.2) is 5.82 Å². The zero-order chi connectivity index (χ0) is 11.4. The van der Waals surface area contributed by atoms with Crippen LogP contribution in [0.2, 0.25) is 0 Å². The molecule has 1 aromatic rings. The Bertz CT molecular complexity index is 332. The van der Waals surface area contributed by atoms with Crippen LogP contribution in [0.3, 0.4) is 0 Å². The molecule has 0 radical (unpaired) electrons. The van der Waals surface area contributed by atoms with E-state index in [0.29, 0.717) is 5.92 Å². The average molecular weight is 207 g/mol. The molecule has 0 aromatic carbocycles. The van der Waals surface area contributed by atoms with Crippen LogP contribution in [-0.2, 0) is 6.42 Å². The fraction of sp³-hybridized carbons (Fsp3) is 0.667. The summed E-state index contributed by atoms with van der Waals surface area (Å²) >= 11 is 0. The van der Waals surface area contributed by atoms with Gasteiger partial charge in [-0.1, -0.05) is 13.8 Å². The van der Waals surface area contributed by atoms with E-state index in [1.165, 1.54) is 11.1 Å². The fourth-order valence-corrected chi connectivity index (χ4v) is 1.57. The summed E-state index contributed by atoms with van der Waals surface area (Å²) in [7, 11) is 0. The SMILES string of the molecule is CCNc1nnc(CC(C)C)c(C)c1C. The maximum atomic E-state index is 4.29. The number of nitrogens with one attached hydrogen (secondary N) is 1. The molecule has 0 unspecified atom stereocenters. The Hall–Kier alpha value is -1.12. The van der Waals surface area contributed by atoms with Gasteiger partial charge in [-0.2, -0.15) is 5.10 Å². The molecule has 0 amide bonds. The van der Waals surface area contributed by atoms with Crippen LogP contribution in [-0.4, -0.2) is 16.7 Å². The van der Waals surface area contributed by atoms with E-state index in [-0.39, 0.29) is 0 Å². The fourth-order valence-electron chi connectivity index (χ4n) is 1.57. The summed E-state index contributed by atoms with van der Waals surface area (Å²) in [6, 6.07) is 0. The standard InChI is InChI=1S/C12H21N3/c1-6-13-12-10(5)9(4)11(14-15-12)7-8(2)3/h8H,6-7H2,1-5H3,(H,13,15). The third-order valence-electron chi connectivity index (χ3n) is 2.57. The predicted octanol–water partition coefficient (Wildman–Crippen LogP) is 2.72. The van der Waals surface area contributed by atoms with Crippen LogP contribution >= 0.6 is 0 Å². The van der Waals surface area contributed by atoms with Gasteiger partial charge in [-0.15, -0.1) is 5.10 Å². The van der Waals surface area contributed by atoms with Gasteiger partial charge < -0.3 is 5.32 Å². The van der Waals surface area contributed by atoms with Crippen LogP contribution < -0.4 is 5.32 Å². The van der Waals surface area contributed by atoms with Crippen molar-refractivity contribution in [1.82, 2.24) is 10.2 Å². The highest BCUT2D eigenvalue weighted by Gasteiger charge is 2.09. The van der Waals surface area contributed by atoms with Crippen molar-refractivity contribution < 1.29 is 0 Å². The summed E-state index contributed by atoms with van der Waals surface area (Å²) in [4.78, 5) is 0. The Morgan fingerprint density at radius 2 is 1.80 bits per heavy atom. The molecular weight excluding hydrogens is 186 g/mol. The zero-order valence-electron chi connectivity index (χ0n) is 10.4. The highest BCUT2D eigenvalue weighted by atomic mass is 15.2. The lowest BCUT2D eigenvalue weighted by molar-refractivity contribution is 0.624. The second-order valence-electron chi connectivity index (χ2n) is 4.37. The molecule has 3 heteroatoms. The van der Waals surface area contributed by atoms with E-state index in [1.807, 2.05) is 0 Å². The summed E-state index contributed by atoms with van der Waals surface area (Å²) in [5.41, 5.74) is 3.63. The molecule has 0 fully saturated rings. The van der Waals surface area contributed by atoms with Gasteiger partial charge in [0, 0.05) is 6.54 Å². The lowest BCUT2D eigenvalue weighted by Crippen LogP contribution is -2.09. The van der Waals surface area contributed by atoms with E-state index in [4.69, 9.17) is 0 Å². The molecule has 1 rings (SSSR count). The average Bonchev–Trinajstić information content (AvgIpc) is 2.17. The van der Waals surface area contributed by atoms with Crippen molar-refractivity contribution in [2.45, 2.75) is 41.0 Å². The molecule has 0 bridgehead atoms. The highest BCUT2D eigenvalue weighted by Crippen LogP contribution is 2.19. The number of nitrogens with zero attached hydrogens (tertiary/aromatic N) is 2. The van der Waals surface area contributed by atoms with Crippen molar-refractivity contribution in [3.63, 3.8) is 0 Å². The molecule has 0 saturated heterocycles. The van der Waals surface area contributed by atoms with Gasteiger partial charge in [-0.05, 0) is 44.2 Å². The smallest absolute Gasteiger partial charge is 0.151 e. The van der Waals surface area contributed by atoms with Gasteiger partial charge >= 0.3 is 0 Å². The van der Waals surface area contributed by atoms with Crippen molar-refractivity contribution >= 4 is 5.82 Å². The van der Waals surface area contributed by atoms with Crippen LogP contribution in [0.5, 0.6) is 0 Å². The first-order chi connectivity index (χ1) is 7.06. The Balaban J connectivity index is 2.98. The molecule has 0 aliphatic carbocycles. The summed E-state index contributed by atoms with van der Waals surface area (Å²) < 4.78 is 0. The highest BCUT2D eigenvalue weighted by molar-refractivity contribution is 5.47. The van der Waals surface area contributed by atoms with Gasteiger partial charge in [-0.3, -0.25) is 0 Å². The molecule has 0 aliphatic rings. The summed E-state index contributed by atoms with van der Waals surface area (Å²) in [5, 5.41) is 11.7. The third kappa shape index (κ3) is 2.91. The number of hydrogen-bond acceptors (Lipinski definition) is 3. The zero-order valence-corrected chi connectivity index (χ0v) is 10.4. The normalized spacial score (nSPS) is 10.8. The minimum absolute atomic E-state index is 0.627. The Kier molecular flexibility index (Phi) is 4.06. The maximum absolute atomic E-state index is 4.29. The molecular formula is C12H21N3. The molecule has 1 aromatic heterocycles. The molecule has 0 saturated carbocycles. The number of hydrogen-bond donors (Lipinski definition) is 1. The minimum atomic E-state index is 0.627. The second kappa shape index (κ2) is 5.10. The molecule has 0 atom stereocenters. The van der Waals surface area contributed by atoms with Gasteiger partial charge in [0.25, 0.3) is 0 Å². The van der Waals surface area contributed by atoms with Gasteiger partial charge in [0.05, 0.1) is 5.69 Å². The quantitative estimate of drug-likeness (QED) is 0.825. The lowest BCUT2D eigenvalue weighted by atomic mass is 10.0. The van der Waals surface area contributed by atoms with Gasteiger partial charge in [0.2, 0.25) is 0 Å². The van der Waals surface area contributed by atoms with Crippen molar-refractivity contribution in [2.75, 3.05) is 11.9 Å². The van der Waals surface area contributed by atoms with E-state index in [1.54, 1.807) is 0 Å². The molecule has 1 N–H and O–H groups in total. The van der Waals surface area contributed by atoms with E-state index in [2.05, 4.69) is 50.1 Å². The first-order valence-electron chi connectivity index (χ1n) is 5.62. The molecule has 3 nitrogen and oxygen atoms in total. The first kappa shape index (κ1) is 12.0. The Morgan fingerprint density at radius 1 is 1.13 bits per heavy atom. The number of aromatic nitrogens is 2. The topological polar surface area (TPSA) is 37.8 Å². The van der Waals surface area contributed by atoms with Crippen LogP contribution in [0.1, 0.15) is 37.6 Å². The Morgan fingerprint density at radius 3 is 2.33 bits per heavy atom. The van der Waals surface area contributed by atoms with Crippen LogP contribution in [0.15, 0.2) is 0 Å². The van der Waals surface area contributed by atoms with Crippen molar-refractivity contribution in [3.05, 3.63) is 16.8 Å². The van der Waals surface area contributed by atoms with E-state index < -0.39 is 0 Å². The second-order valence-corrected chi connectivity index (χ2v) is 4.37. The largest absolute Gasteiger partial charge is 0.369 e. The monoisotopic (exact) mass is 207 g/mol. The van der Waals surface area contributed by atoms with Crippen molar-refractivity contribution in [2.24, 2.45) is 5.92 Å². The number of rotatable bonds is 4. The third-order valence-corrected chi connectivity index (χ3v) is 2.57. The van der Waals surface area contributed by atoms with Crippen LogP contribution in [0, 0.1) is 19.8 Å². The van der Waals surface area contributed by atoms with Crippen LogP contribution in [0.25, 0.3) is 0 Å². The molecule has 0 spiro atoms. The molecule has 15 heavy (non-hydrogen) atoms. The lowest BCUT2D eigenvalue weighted by Gasteiger charge is -2.12. The Labute approximate surface area is 92.3 Å². The van der Waals surface area contributed by atoms with E-state index in [9.17, 15) is 0 Å². The van der Waals surface area contributed by atoms with Crippen molar-refractivity contribution in [1.29, 1.82) is 0 Å². The summed E-state index contributed by atoms with van der Waals surface area (Å²) in [5.74, 6) is 1.55. The molecule has 84 valence electrons. The molecule has 0 aliphatic heterocycles. The first-order valence-corrected chi connectivity index (χ1v) is 5.62. The van der Waals surface area contributed by atoms with Gasteiger partial charge in [0.1, 0.15) is 0 Å². The van der Waals surface area contributed by atoms with Crippen LogP contribution in [0.4, 0.5) is 5.82 Å². The number of anilines is 1. The van der Waals surface area contributed by atoms with E-state index >= 15 is 0 Å². The predicted molar refractivity (Wildman–Crippen MR) is 64.2 cm³/mol. The minimum Gasteiger partial charge on any atom is -0.369 e. The van der Waals surface area contributed by atoms with Crippen molar-refractivity contribution in [3.8, 4) is 0 Å². The van der Waals surface area contributed by atoms with E-state index in [0.717, 1.165) is 24.5 Å².